The van der Waals surface area contributed by atoms with Crippen molar-refractivity contribution in [3.05, 3.63) is 23.8 Å². The SMILES string of the molecule is CCN1CCN(S(=O)(=O)c2ccc(OC)c(C(C)(C)C)c2)CC1. The number of hydrogen-bond donors (Lipinski definition) is 0. The minimum absolute atomic E-state index is 0.183. The van der Waals surface area contributed by atoms with Crippen LogP contribution in [0.1, 0.15) is 33.3 Å². The zero-order valence-electron chi connectivity index (χ0n) is 14.8. The first kappa shape index (κ1) is 18.2. The van der Waals surface area contributed by atoms with E-state index in [1.54, 1.807) is 29.6 Å². The number of hydrogen-bond acceptors (Lipinski definition) is 4. The molecule has 0 spiro atoms. The molecule has 1 aliphatic heterocycles. The monoisotopic (exact) mass is 340 g/mol. The summed E-state index contributed by atoms with van der Waals surface area (Å²) in [6, 6.07) is 5.17. The van der Waals surface area contributed by atoms with Crippen LogP contribution >= 0.6 is 0 Å². The maximum absolute atomic E-state index is 12.9. The third-order valence-electron chi connectivity index (χ3n) is 4.40. The molecule has 0 atom stereocenters. The molecule has 5 nitrogen and oxygen atoms in total. The number of piperazine rings is 1. The van der Waals surface area contributed by atoms with E-state index in [4.69, 9.17) is 4.74 Å². The van der Waals surface area contributed by atoms with Gasteiger partial charge < -0.3 is 9.64 Å². The summed E-state index contributed by atoms with van der Waals surface area (Å²) in [6.07, 6.45) is 0. The third-order valence-corrected chi connectivity index (χ3v) is 6.29. The third kappa shape index (κ3) is 3.87. The first-order chi connectivity index (χ1) is 10.7. The number of ether oxygens (including phenoxy) is 1. The molecule has 0 saturated carbocycles. The topological polar surface area (TPSA) is 49.9 Å². The van der Waals surface area contributed by atoms with Crippen LogP contribution in [0.3, 0.4) is 0 Å². The Morgan fingerprint density at radius 3 is 2.22 bits per heavy atom. The van der Waals surface area contributed by atoms with Crippen LogP contribution in [-0.2, 0) is 15.4 Å². The van der Waals surface area contributed by atoms with Crippen molar-refractivity contribution in [2.75, 3.05) is 39.8 Å². The Kier molecular flexibility index (Phi) is 5.38. The van der Waals surface area contributed by atoms with Gasteiger partial charge in [0.1, 0.15) is 5.75 Å². The van der Waals surface area contributed by atoms with Gasteiger partial charge in [0.25, 0.3) is 0 Å². The minimum atomic E-state index is -3.45. The second-order valence-electron chi connectivity index (χ2n) is 6.95. The second-order valence-corrected chi connectivity index (χ2v) is 8.89. The Balaban J connectivity index is 2.34. The molecule has 0 amide bonds. The first-order valence-electron chi connectivity index (χ1n) is 8.11. The predicted octanol–water partition coefficient (Wildman–Crippen LogP) is 2.32. The highest BCUT2D eigenvalue weighted by Gasteiger charge is 2.30. The van der Waals surface area contributed by atoms with E-state index >= 15 is 0 Å². The fourth-order valence-corrected chi connectivity index (χ4v) is 4.32. The summed E-state index contributed by atoms with van der Waals surface area (Å²) in [5.74, 6) is 0.729. The van der Waals surface area contributed by atoms with E-state index in [0.717, 1.165) is 30.9 Å². The van der Waals surface area contributed by atoms with Crippen molar-refractivity contribution >= 4 is 10.0 Å². The Labute approximate surface area is 140 Å². The number of rotatable bonds is 4. The molecule has 1 fully saturated rings. The normalized spacial score (nSPS) is 18.1. The van der Waals surface area contributed by atoms with Gasteiger partial charge >= 0.3 is 0 Å². The smallest absolute Gasteiger partial charge is 0.243 e. The number of sulfonamides is 1. The van der Waals surface area contributed by atoms with E-state index in [1.807, 2.05) is 0 Å². The Bertz CT molecular complexity index is 642. The average Bonchev–Trinajstić information content (AvgIpc) is 2.53. The second kappa shape index (κ2) is 6.79. The summed E-state index contributed by atoms with van der Waals surface area (Å²) in [7, 11) is -1.84. The molecule has 23 heavy (non-hydrogen) atoms. The van der Waals surface area contributed by atoms with E-state index in [1.165, 1.54) is 0 Å². The van der Waals surface area contributed by atoms with Gasteiger partial charge in [-0.25, -0.2) is 8.42 Å². The highest BCUT2D eigenvalue weighted by molar-refractivity contribution is 7.89. The molecular weight excluding hydrogens is 312 g/mol. The molecular formula is C17H28N2O3S. The molecule has 1 aromatic carbocycles. The van der Waals surface area contributed by atoms with Crippen LogP contribution < -0.4 is 4.74 Å². The van der Waals surface area contributed by atoms with Gasteiger partial charge in [0.2, 0.25) is 10.0 Å². The lowest BCUT2D eigenvalue weighted by Crippen LogP contribution is -2.48. The molecule has 130 valence electrons. The van der Waals surface area contributed by atoms with Crippen molar-refractivity contribution in [1.29, 1.82) is 0 Å². The number of methoxy groups -OCH3 is 1. The van der Waals surface area contributed by atoms with E-state index in [-0.39, 0.29) is 5.41 Å². The molecule has 0 aliphatic carbocycles. The summed E-state index contributed by atoms with van der Waals surface area (Å²) in [5.41, 5.74) is 0.728. The molecule has 0 unspecified atom stereocenters. The van der Waals surface area contributed by atoms with Crippen LogP contribution in [-0.4, -0.2) is 57.5 Å². The van der Waals surface area contributed by atoms with E-state index in [9.17, 15) is 8.42 Å². The first-order valence-corrected chi connectivity index (χ1v) is 9.55. The van der Waals surface area contributed by atoms with Crippen molar-refractivity contribution in [3.8, 4) is 5.75 Å². The van der Waals surface area contributed by atoms with Gasteiger partial charge in [0.15, 0.2) is 0 Å². The van der Waals surface area contributed by atoms with Crippen LogP contribution in [0.5, 0.6) is 5.75 Å². The lowest BCUT2D eigenvalue weighted by Gasteiger charge is -2.33. The van der Waals surface area contributed by atoms with Crippen LogP contribution in [0.25, 0.3) is 0 Å². The number of likely N-dealkylation sites (N-methyl/N-ethyl adjacent to an activating group) is 1. The summed E-state index contributed by atoms with van der Waals surface area (Å²) < 4.78 is 32.8. The number of benzene rings is 1. The van der Waals surface area contributed by atoms with Crippen LogP contribution in [0.2, 0.25) is 0 Å². The Morgan fingerprint density at radius 2 is 1.74 bits per heavy atom. The quantitative estimate of drug-likeness (QED) is 0.844. The van der Waals surface area contributed by atoms with Crippen molar-refractivity contribution < 1.29 is 13.2 Å². The summed E-state index contributed by atoms with van der Waals surface area (Å²) >= 11 is 0. The highest BCUT2D eigenvalue weighted by Crippen LogP contribution is 2.34. The van der Waals surface area contributed by atoms with E-state index < -0.39 is 10.0 Å². The molecule has 1 aliphatic rings. The molecule has 6 heteroatoms. The van der Waals surface area contributed by atoms with Gasteiger partial charge in [-0.15, -0.1) is 0 Å². The summed E-state index contributed by atoms with van der Waals surface area (Å²) in [6.45, 7) is 11.9. The Morgan fingerprint density at radius 1 is 1.13 bits per heavy atom. The molecule has 1 heterocycles. The van der Waals surface area contributed by atoms with Crippen molar-refractivity contribution in [2.45, 2.75) is 38.0 Å². The molecule has 0 N–H and O–H groups in total. The maximum Gasteiger partial charge on any atom is 0.243 e. The molecule has 1 saturated heterocycles. The molecule has 1 aromatic rings. The van der Waals surface area contributed by atoms with Crippen LogP contribution in [0, 0.1) is 0 Å². The Hall–Kier alpha value is -1.11. The lowest BCUT2D eigenvalue weighted by molar-refractivity contribution is 0.196. The van der Waals surface area contributed by atoms with E-state index in [2.05, 4.69) is 32.6 Å². The fourth-order valence-electron chi connectivity index (χ4n) is 2.87. The average molecular weight is 340 g/mol. The predicted molar refractivity (Wildman–Crippen MR) is 92.6 cm³/mol. The molecule has 0 aromatic heterocycles. The summed E-state index contributed by atoms with van der Waals surface area (Å²) in [4.78, 5) is 2.62. The number of nitrogens with zero attached hydrogens (tertiary/aromatic N) is 2. The van der Waals surface area contributed by atoms with Gasteiger partial charge in [-0.3, -0.25) is 0 Å². The zero-order chi connectivity index (χ0) is 17.3. The minimum Gasteiger partial charge on any atom is -0.496 e. The van der Waals surface area contributed by atoms with Gasteiger partial charge in [-0.2, -0.15) is 4.31 Å². The van der Waals surface area contributed by atoms with Gasteiger partial charge in [0.05, 0.1) is 12.0 Å². The van der Waals surface area contributed by atoms with Crippen LogP contribution in [0.4, 0.5) is 0 Å². The van der Waals surface area contributed by atoms with E-state index in [0.29, 0.717) is 18.0 Å². The van der Waals surface area contributed by atoms with Gasteiger partial charge in [0, 0.05) is 31.7 Å². The standard InChI is InChI=1S/C17H28N2O3S/c1-6-18-9-11-19(12-10-18)23(20,21)14-7-8-16(22-5)15(13-14)17(2,3)4/h7-8,13H,6,9-12H2,1-5H3. The lowest BCUT2D eigenvalue weighted by atomic mass is 9.86. The maximum atomic E-state index is 12.9. The summed E-state index contributed by atoms with van der Waals surface area (Å²) in [5, 5.41) is 0. The van der Waals surface area contributed by atoms with Crippen molar-refractivity contribution in [2.24, 2.45) is 0 Å². The van der Waals surface area contributed by atoms with Crippen molar-refractivity contribution in [1.82, 2.24) is 9.21 Å². The van der Waals surface area contributed by atoms with Crippen molar-refractivity contribution in [3.63, 3.8) is 0 Å². The van der Waals surface area contributed by atoms with Gasteiger partial charge in [-0.1, -0.05) is 27.7 Å². The molecule has 2 rings (SSSR count). The molecule has 0 radical (unpaired) electrons. The zero-order valence-corrected chi connectivity index (χ0v) is 15.6. The molecule has 0 bridgehead atoms. The highest BCUT2D eigenvalue weighted by atomic mass is 32.2. The fraction of sp³-hybridized carbons (Fsp3) is 0.647. The largest absolute Gasteiger partial charge is 0.496 e. The van der Waals surface area contributed by atoms with Crippen LogP contribution in [0.15, 0.2) is 23.1 Å². The van der Waals surface area contributed by atoms with Gasteiger partial charge in [-0.05, 0) is 30.2 Å².